The van der Waals surface area contributed by atoms with Gasteiger partial charge in [0.05, 0.1) is 33.8 Å². The van der Waals surface area contributed by atoms with Gasteiger partial charge in [0.1, 0.15) is 19.3 Å². The minimum absolute atomic E-state index is 0.0344. The van der Waals surface area contributed by atoms with Gasteiger partial charge in [-0.3, -0.25) is 18.6 Å². The Balaban J connectivity index is 5.29. The van der Waals surface area contributed by atoms with Crippen molar-refractivity contribution in [1.82, 2.24) is 5.32 Å². The number of carbonyl (C=O) groups excluding carboxylic acids is 2. The van der Waals surface area contributed by atoms with E-state index in [1.54, 1.807) is 0 Å². The van der Waals surface area contributed by atoms with E-state index in [1.807, 2.05) is 33.3 Å². The molecule has 1 amide bonds. The number of nitrogens with zero attached hydrogens (tertiary/aromatic N) is 1. The molecule has 2 N–H and O–H groups in total. The van der Waals surface area contributed by atoms with Gasteiger partial charge >= 0.3 is 13.8 Å². The minimum atomic E-state index is -4.45. The van der Waals surface area contributed by atoms with Crippen molar-refractivity contribution in [2.45, 2.75) is 296 Å². The van der Waals surface area contributed by atoms with Crippen LogP contribution in [0, 0.1) is 0 Å². The van der Waals surface area contributed by atoms with Gasteiger partial charge in [-0.1, -0.05) is 236 Å². The lowest BCUT2D eigenvalue weighted by molar-refractivity contribution is -0.870. The van der Waals surface area contributed by atoms with Gasteiger partial charge in [0.15, 0.2) is 0 Å². The smallest absolute Gasteiger partial charge is 0.456 e. The number of quaternary nitrogens is 1. The molecule has 0 bridgehead atoms. The number of allylic oxidation sites excluding steroid dienone is 9. The summed E-state index contributed by atoms with van der Waals surface area (Å²) in [6.45, 7) is 6.97. The van der Waals surface area contributed by atoms with Crippen LogP contribution in [-0.4, -0.2) is 74.3 Å². The molecule has 0 aromatic carbocycles. The number of nitrogens with one attached hydrogen (secondary N) is 1. The molecule has 0 heterocycles. The first-order valence-corrected chi connectivity index (χ1v) is 32.6. The average molecular weight is 1060 g/mol. The molecule has 10 heteroatoms. The maximum Gasteiger partial charge on any atom is 0.472 e. The van der Waals surface area contributed by atoms with Crippen LogP contribution in [0.25, 0.3) is 0 Å². The Bertz CT molecular complexity index is 1450. The van der Waals surface area contributed by atoms with Gasteiger partial charge in [-0.25, -0.2) is 4.57 Å². The van der Waals surface area contributed by atoms with E-state index in [4.69, 9.17) is 13.8 Å². The lowest BCUT2D eigenvalue weighted by Crippen LogP contribution is -2.47. The molecule has 0 saturated heterocycles. The number of rotatable bonds is 56. The summed E-state index contributed by atoms with van der Waals surface area (Å²) >= 11 is 0. The zero-order valence-electron chi connectivity index (χ0n) is 49.3. The van der Waals surface area contributed by atoms with E-state index in [0.29, 0.717) is 17.4 Å². The number of hydrogen-bond acceptors (Lipinski definition) is 6. The van der Waals surface area contributed by atoms with Crippen LogP contribution in [0.2, 0.25) is 0 Å². The minimum Gasteiger partial charge on any atom is -0.456 e. The van der Waals surface area contributed by atoms with E-state index in [-0.39, 0.29) is 31.5 Å². The predicted octanol–water partition coefficient (Wildman–Crippen LogP) is 19.1. The topological polar surface area (TPSA) is 111 Å². The number of likely N-dealkylation sites (N-methyl/N-ethyl adjacent to an activating group) is 1. The van der Waals surface area contributed by atoms with Gasteiger partial charge in [0.25, 0.3) is 0 Å². The lowest BCUT2D eigenvalue weighted by atomic mass is 10.0. The molecule has 0 aromatic heterocycles. The number of unbranched alkanes of at least 4 members (excludes halogenated alkanes) is 32. The number of hydrogen-bond donors (Lipinski definition) is 2. The van der Waals surface area contributed by atoms with Gasteiger partial charge in [0, 0.05) is 12.8 Å². The molecular weight excluding hydrogens is 940 g/mol. The lowest BCUT2D eigenvalue weighted by Gasteiger charge is -2.27. The van der Waals surface area contributed by atoms with Crippen LogP contribution in [0.15, 0.2) is 60.8 Å². The van der Waals surface area contributed by atoms with Crippen molar-refractivity contribution in [2.75, 3.05) is 40.9 Å². The fourth-order valence-corrected chi connectivity index (χ4v) is 9.56. The number of phosphoric ester groups is 1. The van der Waals surface area contributed by atoms with E-state index in [1.165, 1.54) is 167 Å². The van der Waals surface area contributed by atoms with Crippen molar-refractivity contribution in [3.8, 4) is 0 Å². The molecule has 0 rings (SSSR count). The molecule has 0 radical (unpaired) electrons. The molecule has 0 spiro atoms. The van der Waals surface area contributed by atoms with Crippen LogP contribution in [0.3, 0.4) is 0 Å². The summed E-state index contributed by atoms with van der Waals surface area (Å²) < 4.78 is 30.7. The highest BCUT2D eigenvalue weighted by Crippen LogP contribution is 2.43. The molecule has 432 valence electrons. The van der Waals surface area contributed by atoms with Crippen molar-refractivity contribution >= 4 is 19.7 Å². The monoisotopic (exact) mass is 1060 g/mol. The average Bonchev–Trinajstić information content (AvgIpc) is 3.36. The number of ether oxygens (including phenoxy) is 1. The first kappa shape index (κ1) is 71.7. The van der Waals surface area contributed by atoms with Gasteiger partial charge in [-0.15, -0.1) is 0 Å². The Kier molecular flexibility index (Phi) is 52.4. The van der Waals surface area contributed by atoms with Gasteiger partial charge in [0.2, 0.25) is 5.91 Å². The Hall–Kier alpha value is -2.29. The number of carbonyl (C=O) groups is 2. The summed E-state index contributed by atoms with van der Waals surface area (Å²) in [4.78, 5) is 37.7. The van der Waals surface area contributed by atoms with Crippen LogP contribution in [-0.2, 0) is 27.9 Å². The van der Waals surface area contributed by atoms with Gasteiger partial charge in [-0.2, -0.15) is 0 Å². The second-order valence-corrected chi connectivity index (χ2v) is 23.7. The molecule has 0 aliphatic heterocycles. The third-order valence-corrected chi connectivity index (χ3v) is 14.7. The van der Waals surface area contributed by atoms with Crippen LogP contribution >= 0.6 is 7.82 Å². The second-order valence-electron chi connectivity index (χ2n) is 22.2. The van der Waals surface area contributed by atoms with E-state index < -0.39 is 20.0 Å². The fraction of sp³-hybridized carbons (Fsp3) is 0.812. The highest BCUT2D eigenvalue weighted by Gasteiger charge is 2.30. The molecule has 0 fully saturated rings. The molecule has 74 heavy (non-hydrogen) atoms. The highest BCUT2D eigenvalue weighted by atomic mass is 31.2. The fourth-order valence-electron chi connectivity index (χ4n) is 8.82. The van der Waals surface area contributed by atoms with Crippen molar-refractivity contribution in [1.29, 1.82) is 0 Å². The Labute approximate surface area is 458 Å². The summed E-state index contributed by atoms with van der Waals surface area (Å²) in [5, 5.41) is 3.04. The molecule has 3 atom stereocenters. The molecule has 0 saturated carbocycles. The van der Waals surface area contributed by atoms with Crippen molar-refractivity contribution in [2.24, 2.45) is 0 Å². The Morgan fingerprint density at radius 3 is 1.27 bits per heavy atom. The molecule has 3 unspecified atom stereocenters. The zero-order valence-corrected chi connectivity index (χ0v) is 50.2. The standard InChI is InChI=1S/C64H119N2O7P/c1-7-10-13-16-19-22-25-28-30-32-33-35-37-39-42-45-48-51-54-57-64(68)73-62(55-52-49-46-43-40-27-24-21-18-15-12-9-3)61(60-72-74(69,70)71-59-58-66(4,5)6)65-63(67)56-53-50-47-44-41-38-36-34-31-29-26-23-20-17-14-11-8-2/h20,23,28-31,36,38,52,55,61-62H,7-19,21-22,24-27,32-35,37,39-51,53-54,56-60H2,1-6H3,(H-,65,67,69,70)/p+1/b23-20-,30-28+,31-29-,38-36-,55-52+. The first-order valence-electron chi connectivity index (χ1n) is 31.1. The van der Waals surface area contributed by atoms with Crippen molar-refractivity contribution in [3.05, 3.63) is 60.8 Å². The first-order chi connectivity index (χ1) is 35.9. The molecular formula is C64H120N2O7P+. The van der Waals surface area contributed by atoms with E-state index in [2.05, 4.69) is 74.7 Å². The van der Waals surface area contributed by atoms with Crippen LogP contribution in [0.5, 0.6) is 0 Å². The zero-order chi connectivity index (χ0) is 54.3. The number of amides is 1. The number of phosphoric acid groups is 1. The summed E-state index contributed by atoms with van der Waals surface area (Å²) in [5.41, 5.74) is 0. The maximum absolute atomic E-state index is 13.5. The highest BCUT2D eigenvalue weighted by molar-refractivity contribution is 7.47. The molecule has 0 aromatic rings. The van der Waals surface area contributed by atoms with Crippen molar-refractivity contribution in [3.63, 3.8) is 0 Å². The largest absolute Gasteiger partial charge is 0.472 e. The molecule has 0 aliphatic rings. The normalized spacial score (nSPS) is 14.1. The number of esters is 1. The SMILES string of the molecule is CCCCC/C=C\C/C=C\C/C=C\CCCCCCC(=O)NC(COP(=O)(O)OCC[N+](C)(C)C)C(/C=C/CCCCCCCCCCCC)OC(=O)CCCCCCCCCCC/C=C/CCCCCCCC. The molecule has 9 nitrogen and oxygen atoms in total. The van der Waals surface area contributed by atoms with Crippen LogP contribution in [0.1, 0.15) is 284 Å². The summed E-state index contributed by atoms with van der Waals surface area (Å²) in [6.07, 6.45) is 67.8. The third-order valence-electron chi connectivity index (χ3n) is 13.7. The van der Waals surface area contributed by atoms with Gasteiger partial charge < -0.3 is 19.4 Å². The van der Waals surface area contributed by atoms with Crippen LogP contribution < -0.4 is 5.32 Å². The molecule has 0 aliphatic carbocycles. The summed E-state index contributed by atoms with van der Waals surface area (Å²) in [5.74, 6) is -0.528. The van der Waals surface area contributed by atoms with E-state index >= 15 is 0 Å². The maximum atomic E-state index is 13.5. The summed E-state index contributed by atoms with van der Waals surface area (Å²) in [6, 6.07) is -0.861. The van der Waals surface area contributed by atoms with Crippen LogP contribution in [0.4, 0.5) is 0 Å². The van der Waals surface area contributed by atoms with E-state index in [9.17, 15) is 19.0 Å². The van der Waals surface area contributed by atoms with E-state index in [0.717, 1.165) is 83.5 Å². The second kappa shape index (κ2) is 54.1. The van der Waals surface area contributed by atoms with Crippen molar-refractivity contribution < 1.29 is 37.3 Å². The Morgan fingerprint density at radius 2 is 0.824 bits per heavy atom. The Morgan fingerprint density at radius 1 is 0.473 bits per heavy atom. The summed E-state index contributed by atoms with van der Waals surface area (Å²) in [7, 11) is 1.48. The third kappa shape index (κ3) is 54.5. The van der Waals surface area contributed by atoms with Gasteiger partial charge in [-0.05, 0) is 96.0 Å². The predicted molar refractivity (Wildman–Crippen MR) is 318 cm³/mol. The quantitative estimate of drug-likeness (QED) is 0.0205.